The van der Waals surface area contributed by atoms with Crippen molar-refractivity contribution in [1.29, 1.82) is 0 Å². The van der Waals surface area contributed by atoms with Crippen molar-refractivity contribution in [2.45, 2.75) is 32.0 Å². The van der Waals surface area contributed by atoms with E-state index < -0.39 is 0 Å². The Balaban J connectivity index is 1.34. The number of hydrogen-bond acceptors (Lipinski definition) is 5. The molecular weight excluding hydrogens is 316 g/mol. The normalized spacial score (nSPS) is 31.6. The maximum Gasteiger partial charge on any atom is 0.240 e. The highest BCUT2D eigenvalue weighted by Gasteiger charge is 2.48. The molecule has 3 saturated heterocycles. The van der Waals surface area contributed by atoms with Crippen LogP contribution < -0.4 is 0 Å². The van der Waals surface area contributed by atoms with Gasteiger partial charge in [-0.25, -0.2) is 0 Å². The van der Waals surface area contributed by atoms with E-state index in [1.165, 1.54) is 0 Å². The van der Waals surface area contributed by atoms with Gasteiger partial charge in [-0.2, -0.15) is 0 Å². The highest BCUT2D eigenvalue weighted by Crippen LogP contribution is 2.36. The summed E-state index contributed by atoms with van der Waals surface area (Å²) in [5.74, 6) is 2.97. The summed E-state index contributed by atoms with van der Waals surface area (Å²) in [4.78, 5) is 22.2. The zero-order valence-electron chi connectivity index (χ0n) is 15.6. The molecule has 1 amide bonds. The van der Waals surface area contributed by atoms with Gasteiger partial charge in [0.25, 0.3) is 0 Å². The van der Waals surface area contributed by atoms with E-state index in [4.69, 9.17) is 4.42 Å². The lowest BCUT2D eigenvalue weighted by molar-refractivity contribution is -0.137. The van der Waals surface area contributed by atoms with Crippen LogP contribution in [0, 0.1) is 12.8 Å². The Hall–Kier alpha value is -1.37. The van der Waals surface area contributed by atoms with Crippen molar-refractivity contribution in [3.05, 3.63) is 23.7 Å². The molecule has 3 aliphatic rings. The molecule has 3 fully saturated rings. The fourth-order valence-corrected chi connectivity index (χ4v) is 4.75. The summed E-state index contributed by atoms with van der Waals surface area (Å²) in [7, 11) is 4.27. The summed E-state index contributed by atoms with van der Waals surface area (Å²) in [5, 5.41) is 0. The average Bonchev–Trinajstić information content (AvgIpc) is 3.25. The molecule has 0 aromatic carbocycles. The Bertz CT molecular complexity index is 623. The largest absolute Gasteiger partial charge is 0.465 e. The number of likely N-dealkylation sites (N-methyl/N-ethyl adjacent to an activating group) is 2. The van der Waals surface area contributed by atoms with Crippen molar-refractivity contribution < 1.29 is 9.21 Å². The third kappa shape index (κ3) is 3.35. The highest BCUT2D eigenvalue weighted by molar-refractivity contribution is 5.82. The van der Waals surface area contributed by atoms with Crippen LogP contribution in [0.25, 0.3) is 0 Å². The second-order valence-corrected chi connectivity index (χ2v) is 8.08. The minimum absolute atomic E-state index is 0.0754. The third-order valence-corrected chi connectivity index (χ3v) is 6.30. The summed E-state index contributed by atoms with van der Waals surface area (Å²) in [6.45, 7) is 8.71. The standard InChI is InChI=1S/C19H30N4O2/c1-14-4-5-16(25-14)12-22-11-15-10-17(21(3)18(15)13-22)19(24)23-8-6-20(2)7-9-23/h4-5,15,17-18H,6-13H2,1-3H3/t15-,17-,18+/m1/s1. The van der Waals surface area contributed by atoms with Crippen LogP contribution in [0.2, 0.25) is 0 Å². The number of amides is 1. The predicted octanol–water partition coefficient (Wildman–Crippen LogP) is 0.867. The molecule has 6 nitrogen and oxygen atoms in total. The number of piperazine rings is 1. The number of aryl methyl sites for hydroxylation is 1. The monoisotopic (exact) mass is 346 g/mol. The Morgan fingerprint density at radius 3 is 2.56 bits per heavy atom. The fourth-order valence-electron chi connectivity index (χ4n) is 4.75. The lowest BCUT2D eigenvalue weighted by Crippen LogP contribution is -2.53. The minimum Gasteiger partial charge on any atom is -0.465 e. The number of likely N-dealkylation sites (tertiary alicyclic amines) is 2. The second kappa shape index (κ2) is 6.74. The molecule has 1 aromatic heterocycles. The van der Waals surface area contributed by atoms with E-state index in [0.29, 0.717) is 17.9 Å². The molecular formula is C19H30N4O2. The Labute approximate surface area is 150 Å². The van der Waals surface area contributed by atoms with Gasteiger partial charge in [0.1, 0.15) is 11.5 Å². The fraction of sp³-hybridized carbons (Fsp3) is 0.737. The van der Waals surface area contributed by atoms with Crippen LogP contribution in [-0.2, 0) is 11.3 Å². The number of furan rings is 1. The molecule has 0 unspecified atom stereocenters. The van der Waals surface area contributed by atoms with E-state index in [1.807, 2.05) is 13.0 Å². The molecule has 25 heavy (non-hydrogen) atoms. The lowest BCUT2D eigenvalue weighted by atomic mass is 10.0. The van der Waals surface area contributed by atoms with E-state index in [-0.39, 0.29) is 6.04 Å². The van der Waals surface area contributed by atoms with E-state index in [9.17, 15) is 4.79 Å². The van der Waals surface area contributed by atoms with Crippen molar-refractivity contribution >= 4 is 5.91 Å². The van der Waals surface area contributed by atoms with E-state index >= 15 is 0 Å². The van der Waals surface area contributed by atoms with Gasteiger partial charge >= 0.3 is 0 Å². The van der Waals surface area contributed by atoms with Crippen LogP contribution in [0.15, 0.2) is 16.5 Å². The van der Waals surface area contributed by atoms with Crippen molar-refractivity contribution in [1.82, 2.24) is 19.6 Å². The van der Waals surface area contributed by atoms with Crippen molar-refractivity contribution in [3.63, 3.8) is 0 Å². The number of rotatable bonds is 3. The maximum absolute atomic E-state index is 13.0. The van der Waals surface area contributed by atoms with Crippen LogP contribution in [0.5, 0.6) is 0 Å². The van der Waals surface area contributed by atoms with Crippen LogP contribution in [0.4, 0.5) is 0 Å². The quantitative estimate of drug-likeness (QED) is 0.812. The Kier molecular flexibility index (Phi) is 4.60. The van der Waals surface area contributed by atoms with E-state index in [2.05, 4.69) is 39.8 Å². The first-order valence-corrected chi connectivity index (χ1v) is 9.48. The molecule has 4 heterocycles. The molecule has 138 valence electrons. The molecule has 3 aliphatic heterocycles. The zero-order chi connectivity index (χ0) is 17.6. The first kappa shape index (κ1) is 17.1. The number of fused-ring (bicyclic) bond motifs is 1. The van der Waals surface area contributed by atoms with Crippen LogP contribution >= 0.6 is 0 Å². The zero-order valence-corrected chi connectivity index (χ0v) is 15.6. The predicted molar refractivity (Wildman–Crippen MR) is 96.2 cm³/mol. The first-order chi connectivity index (χ1) is 12.0. The molecule has 6 heteroatoms. The SMILES string of the molecule is Cc1ccc(CN2C[C@H]3C[C@H](C(=O)N4CCN(C)CC4)N(C)[C@H]3C2)o1. The molecule has 0 N–H and O–H groups in total. The van der Waals surface area contributed by atoms with Gasteiger partial charge in [-0.3, -0.25) is 14.6 Å². The van der Waals surface area contributed by atoms with Crippen molar-refractivity contribution in [2.75, 3.05) is 53.4 Å². The molecule has 0 radical (unpaired) electrons. The van der Waals surface area contributed by atoms with Crippen molar-refractivity contribution in [3.8, 4) is 0 Å². The summed E-state index contributed by atoms with van der Waals surface area (Å²) >= 11 is 0. The molecule has 0 spiro atoms. The van der Waals surface area contributed by atoms with Gasteiger partial charge in [-0.15, -0.1) is 0 Å². The van der Waals surface area contributed by atoms with Crippen molar-refractivity contribution in [2.24, 2.45) is 5.92 Å². The molecule has 0 saturated carbocycles. The Morgan fingerprint density at radius 1 is 1.16 bits per heavy atom. The van der Waals surface area contributed by atoms with Crippen LogP contribution in [0.3, 0.4) is 0 Å². The average molecular weight is 346 g/mol. The summed E-state index contributed by atoms with van der Waals surface area (Å²) in [6, 6.07) is 4.68. The molecule has 0 bridgehead atoms. The van der Waals surface area contributed by atoms with Gasteiger partial charge in [0, 0.05) is 45.3 Å². The van der Waals surface area contributed by atoms with Crippen LogP contribution in [0.1, 0.15) is 17.9 Å². The summed E-state index contributed by atoms with van der Waals surface area (Å²) in [6.07, 6.45) is 1.00. The highest BCUT2D eigenvalue weighted by atomic mass is 16.3. The molecule has 3 atom stereocenters. The number of hydrogen-bond donors (Lipinski definition) is 0. The van der Waals surface area contributed by atoms with Crippen LogP contribution in [-0.4, -0.2) is 91.0 Å². The molecule has 0 aliphatic carbocycles. The second-order valence-electron chi connectivity index (χ2n) is 8.08. The van der Waals surface area contributed by atoms with E-state index in [1.54, 1.807) is 0 Å². The minimum atomic E-state index is 0.0754. The summed E-state index contributed by atoms with van der Waals surface area (Å²) in [5.41, 5.74) is 0. The Morgan fingerprint density at radius 2 is 1.92 bits per heavy atom. The van der Waals surface area contributed by atoms with Gasteiger partial charge in [0.15, 0.2) is 0 Å². The van der Waals surface area contributed by atoms with Gasteiger partial charge < -0.3 is 14.2 Å². The maximum atomic E-state index is 13.0. The molecule has 4 rings (SSSR count). The number of carbonyl (C=O) groups excluding carboxylic acids is 1. The smallest absolute Gasteiger partial charge is 0.240 e. The first-order valence-electron chi connectivity index (χ1n) is 9.48. The lowest BCUT2D eigenvalue weighted by Gasteiger charge is -2.36. The van der Waals surface area contributed by atoms with Gasteiger partial charge in [0.05, 0.1) is 12.6 Å². The third-order valence-electron chi connectivity index (χ3n) is 6.30. The van der Waals surface area contributed by atoms with Gasteiger partial charge in [-0.05, 0) is 45.5 Å². The van der Waals surface area contributed by atoms with Gasteiger partial charge in [0.2, 0.25) is 5.91 Å². The number of carbonyl (C=O) groups is 1. The number of nitrogens with zero attached hydrogens (tertiary/aromatic N) is 4. The van der Waals surface area contributed by atoms with Gasteiger partial charge in [-0.1, -0.05) is 0 Å². The molecule has 1 aromatic rings. The summed E-state index contributed by atoms with van der Waals surface area (Å²) < 4.78 is 5.72. The van der Waals surface area contributed by atoms with E-state index in [0.717, 1.165) is 63.8 Å². The topological polar surface area (TPSA) is 43.2 Å².